The summed E-state index contributed by atoms with van der Waals surface area (Å²) in [4.78, 5) is 11.2. The molecule has 0 radical (unpaired) electrons. The number of tetrazole rings is 1. The van der Waals surface area contributed by atoms with E-state index >= 15 is 0 Å². The number of aliphatic carboxylic acids is 1. The maximum Gasteiger partial charge on any atom is 0.331 e. The Kier molecular flexibility index (Phi) is 4.70. The summed E-state index contributed by atoms with van der Waals surface area (Å²) in [7, 11) is 0. The molecule has 1 aliphatic heterocycles. The van der Waals surface area contributed by atoms with Crippen molar-refractivity contribution in [3.05, 3.63) is 52.3 Å². The van der Waals surface area contributed by atoms with Gasteiger partial charge in [0.25, 0.3) is 0 Å². The summed E-state index contributed by atoms with van der Waals surface area (Å²) in [5.41, 5.74) is 1.04. The molecule has 0 bridgehead atoms. The fraction of sp³-hybridized carbons (Fsp3) is 0.286. The third-order valence-corrected chi connectivity index (χ3v) is 3.37. The lowest BCUT2D eigenvalue weighted by Crippen LogP contribution is -2.22. The Hall–Kier alpha value is -2.21. The molecule has 0 amide bonds. The minimum atomic E-state index is -0.966. The number of carboxylic acids is 1. The molecule has 2 heterocycles. The van der Waals surface area contributed by atoms with Crippen molar-refractivity contribution in [1.29, 1.82) is 0 Å². The lowest BCUT2D eigenvalue weighted by Gasteiger charge is -2.21. The minimum absolute atomic E-state index is 0.212. The van der Waals surface area contributed by atoms with Gasteiger partial charge in [-0.1, -0.05) is 43.6 Å². The highest BCUT2D eigenvalue weighted by molar-refractivity contribution is 6.31. The maximum absolute atomic E-state index is 11.2. The average molecular weight is 307 g/mol. The summed E-state index contributed by atoms with van der Waals surface area (Å²) in [6.45, 7) is 4.00. The molecule has 1 N–H and O–H groups in total. The van der Waals surface area contributed by atoms with Crippen LogP contribution in [0.25, 0.3) is 0 Å². The monoisotopic (exact) mass is 306 g/mol. The zero-order chi connectivity index (χ0) is 15.4. The number of hydrogen-bond donors (Lipinski definition) is 1. The summed E-state index contributed by atoms with van der Waals surface area (Å²) < 4.78 is 1.59. The smallest absolute Gasteiger partial charge is 0.331 e. The Morgan fingerprint density at radius 2 is 2.10 bits per heavy atom. The number of carbonyl (C=O) groups is 1. The third-order valence-electron chi connectivity index (χ3n) is 3.03. The molecule has 0 aliphatic carbocycles. The second-order valence-corrected chi connectivity index (χ2v) is 4.59. The summed E-state index contributed by atoms with van der Waals surface area (Å²) in [5, 5.41) is 21.1. The molecule has 2 aromatic rings. The Labute approximate surface area is 127 Å². The van der Waals surface area contributed by atoms with E-state index in [4.69, 9.17) is 16.7 Å². The van der Waals surface area contributed by atoms with Gasteiger partial charge in [-0.15, -0.1) is 5.10 Å². The van der Waals surface area contributed by atoms with Gasteiger partial charge in [-0.25, -0.2) is 9.48 Å². The van der Waals surface area contributed by atoms with Crippen LogP contribution in [0.15, 0.2) is 35.9 Å². The van der Waals surface area contributed by atoms with Gasteiger partial charge in [0.15, 0.2) is 5.82 Å². The van der Waals surface area contributed by atoms with Crippen molar-refractivity contribution >= 4 is 17.6 Å². The van der Waals surface area contributed by atoms with E-state index in [-0.39, 0.29) is 12.0 Å². The summed E-state index contributed by atoms with van der Waals surface area (Å²) in [5.74, 6) is -0.448. The number of nitrogens with zero attached hydrogens (tertiary/aromatic N) is 4. The van der Waals surface area contributed by atoms with Crippen molar-refractivity contribution in [3.63, 3.8) is 0 Å². The molecule has 1 atom stereocenters. The van der Waals surface area contributed by atoms with Crippen LogP contribution < -0.4 is 0 Å². The molecule has 21 heavy (non-hydrogen) atoms. The van der Waals surface area contributed by atoms with E-state index in [1.807, 2.05) is 32.0 Å². The quantitative estimate of drug-likeness (QED) is 0.922. The van der Waals surface area contributed by atoms with E-state index in [0.717, 1.165) is 5.56 Å². The molecule has 7 heteroatoms. The first kappa shape index (κ1) is 15.2. The zero-order valence-electron chi connectivity index (χ0n) is 11.7. The van der Waals surface area contributed by atoms with Crippen molar-refractivity contribution in [3.8, 4) is 0 Å². The molecule has 1 aliphatic rings. The maximum atomic E-state index is 11.2. The van der Waals surface area contributed by atoms with Crippen LogP contribution in [0.3, 0.4) is 0 Å². The van der Waals surface area contributed by atoms with E-state index < -0.39 is 12.0 Å². The van der Waals surface area contributed by atoms with Crippen LogP contribution in [0.5, 0.6) is 0 Å². The molecule has 0 fully saturated rings. The van der Waals surface area contributed by atoms with E-state index in [2.05, 4.69) is 15.5 Å². The van der Waals surface area contributed by atoms with Crippen molar-refractivity contribution in [2.75, 3.05) is 0 Å². The van der Waals surface area contributed by atoms with Crippen LogP contribution in [-0.4, -0.2) is 31.3 Å². The van der Waals surface area contributed by atoms with Crippen LogP contribution in [0, 0.1) is 0 Å². The first-order valence-electron chi connectivity index (χ1n) is 6.62. The molecule has 0 spiro atoms. The third kappa shape index (κ3) is 2.95. The van der Waals surface area contributed by atoms with Crippen LogP contribution >= 0.6 is 11.6 Å². The SMILES string of the molecule is CC.O=C(O)C1=CC(c2ccccc2Cl)n2nnnc2C1. The molecule has 0 saturated carbocycles. The number of hydrogen-bond acceptors (Lipinski definition) is 4. The fourth-order valence-corrected chi connectivity index (χ4v) is 2.37. The van der Waals surface area contributed by atoms with Crippen molar-refractivity contribution < 1.29 is 9.90 Å². The van der Waals surface area contributed by atoms with E-state index in [9.17, 15) is 4.79 Å². The molecule has 1 aromatic heterocycles. The standard InChI is InChI=1S/C12H9ClN4O2.C2H6/c13-9-4-2-1-3-8(9)10-5-7(12(18)19)6-11-14-15-16-17(10)11;1-2/h1-5,10H,6H2,(H,18,19);1-2H3. The zero-order valence-corrected chi connectivity index (χ0v) is 12.4. The largest absolute Gasteiger partial charge is 0.478 e. The highest BCUT2D eigenvalue weighted by atomic mass is 35.5. The molecule has 3 rings (SSSR count). The van der Waals surface area contributed by atoms with Gasteiger partial charge in [0, 0.05) is 17.0 Å². The minimum Gasteiger partial charge on any atom is -0.478 e. The van der Waals surface area contributed by atoms with Gasteiger partial charge in [-0.05, 0) is 28.1 Å². The highest BCUT2D eigenvalue weighted by Gasteiger charge is 2.27. The van der Waals surface area contributed by atoms with Crippen molar-refractivity contribution in [1.82, 2.24) is 20.2 Å². The molecule has 6 nitrogen and oxygen atoms in total. The van der Waals surface area contributed by atoms with Crippen molar-refractivity contribution in [2.45, 2.75) is 26.3 Å². The predicted molar refractivity (Wildman–Crippen MR) is 78.2 cm³/mol. The van der Waals surface area contributed by atoms with Gasteiger partial charge in [0.1, 0.15) is 6.04 Å². The van der Waals surface area contributed by atoms with Gasteiger partial charge in [-0.2, -0.15) is 0 Å². The lowest BCUT2D eigenvalue weighted by molar-refractivity contribution is -0.132. The Bertz CT molecular complexity index is 681. The summed E-state index contributed by atoms with van der Waals surface area (Å²) in [6, 6.07) is 6.85. The molecule has 1 aromatic carbocycles. The number of benzene rings is 1. The Morgan fingerprint density at radius 3 is 2.76 bits per heavy atom. The molecule has 0 saturated heterocycles. The number of rotatable bonds is 2. The average Bonchev–Trinajstić information content (AvgIpc) is 2.97. The number of aromatic nitrogens is 4. The van der Waals surface area contributed by atoms with Gasteiger partial charge in [0.05, 0.1) is 0 Å². The summed E-state index contributed by atoms with van der Waals surface area (Å²) >= 11 is 6.16. The highest BCUT2D eigenvalue weighted by Crippen LogP contribution is 2.31. The molecular weight excluding hydrogens is 292 g/mol. The van der Waals surface area contributed by atoms with Gasteiger partial charge in [-0.3, -0.25) is 0 Å². The molecule has 110 valence electrons. The molecular formula is C14H15ClN4O2. The van der Waals surface area contributed by atoms with E-state index in [0.29, 0.717) is 10.8 Å². The van der Waals surface area contributed by atoms with E-state index in [1.165, 1.54) is 0 Å². The normalized spacial score (nSPS) is 16.3. The number of allylic oxidation sites excluding steroid dienone is 1. The number of fused-ring (bicyclic) bond motifs is 1. The Balaban J connectivity index is 0.000000774. The molecule has 1 unspecified atom stereocenters. The van der Waals surface area contributed by atoms with Gasteiger partial charge < -0.3 is 5.11 Å². The number of halogens is 1. The predicted octanol–water partition coefficient (Wildman–Crippen LogP) is 2.51. The van der Waals surface area contributed by atoms with Crippen LogP contribution in [0.4, 0.5) is 0 Å². The second kappa shape index (κ2) is 6.49. The van der Waals surface area contributed by atoms with Gasteiger partial charge in [0.2, 0.25) is 0 Å². The van der Waals surface area contributed by atoms with Gasteiger partial charge >= 0.3 is 5.97 Å². The second-order valence-electron chi connectivity index (χ2n) is 4.18. The van der Waals surface area contributed by atoms with Crippen LogP contribution in [0.1, 0.15) is 31.3 Å². The lowest BCUT2D eigenvalue weighted by atomic mass is 9.99. The first-order chi connectivity index (χ1) is 10.2. The first-order valence-corrected chi connectivity index (χ1v) is 7.00. The fourth-order valence-electron chi connectivity index (χ4n) is 2.12. The Morgan fingerprint density at radius 1 is 1.38 bits per heavy atom. The van der Waals surface area contributed by atoms with Crippen LogP contribution in [-0.2, 0) is 11.2 Å². The summed E-state index contributed by atoms with van der Waals surface area (Å²) in [6.07, 6.45) is 1.84. The topological polar surface area (TPSA) is 80.9 Å². The number of carboxylic acid groups (broad SMARTS) is 1. The van der Waals surface area contributed by atoms with Crippen LogP contribution in [0.2, 0.25) is 5.02 Å². The van der Waals surface area contributed by atoms with Crippen molar-refractivity contribution in [2.24, 2.45) is 0 Å². The van der Waals surface area contributed by atoms with E-state index in [1.54, 1.807) is 16.8 Å².